The average Bonchev–Trinajstić information content (AvgIpc) is 2.30. The lowest BCUT2D eigenvalue weighted by molar-refractivity contribution is 0.0635. The number of nitrogens with one attached hydrogen (secondary N) is 2. The van der Waals surface area contributed by atoms with Crippen molar-refractivity contribution in [2.45, 2.75) is 33.3 Å². The van der Waals surface area contributed by atoms with Crippen LogP contribution in [0.25, 0.3) is 10.9 Å². The third-order valence-electron chi connectivity index (χ3n) is 2.43. The van der Waals surface area contributed by atoms with Crippen molar-refractivity contribution in [3.05, 3.63) is 26.8 Å². The first-order valence-electron chi connectivity index (χ1n) is 6.22. The molecule has 0 bridgehead atoms. The van der Waals surface area contributed by atoms with Gasteiger partial charge in [-0.25, -0.2) is 14.8 Å². The number of carbonyl (C=O) groups excluding carboxylic acids is 1. The maximum Gasteiger partial charge on any atom is 0.413 e. The molecule has 2 aromatic heterocycles. The normalized spacial score (nSPS) is 11.5. The number of H-pyrrole nitrogens is 1. The molecule has 0 atom stereocenters. The van der Waals surface area contributed by atoms with Crippen LogP contribution in [-0.2, 0) is 4.74 Å². The third-order valence-corrected chi connectivity index (χ3v) is 3.01. The highest BCUT2D eigenvalue weighted by Gasteiger charge is 2.19. The van der Waals surface area contributed by atoms with Crippen molar-refractivity contribution in [3.8, 4) is 0 Å². The molecule has 0 aliphatic rings. The summed E-state index contributed by atoms with van der Waals surface area (Å²) in [5.74, 6) is 0.582. The number of aryl methyl sites for hydroxylation is 1. The van der Waals surface area contributed by atoms with Crippen LogP contribution in [0.1, 0.15) is 26.6 Å². The predicted molar refractivity (Wildman–Crippen MR) is 82.5 cm³/mol. The summed E-state index contributed by atoms with van der Waals surface area (Å²) in [6.45, 7) is 6.92. The van der Waals surface area contributed by atoms with Crippen LogP contribution in [0.5, 0.6) is 0 Å². The first kappa shape index (κ1) is 15.4. The van der Waals surface area contributed by atoms with E-state index in [4.69, 9.17) is 4.74 Å². The van der Waals surface area contributed by atoms with E-state index in [1.165, 1.54) is 6.20 Å². The highest BCUT2D eigenvalue weighted by molar-refractivity contribution is 9.10. The standard InChI is InChI=1S/C13H15BrN4O3/c1-6-16-9-7(14)5-15-10(8(9)11(19)17-6)18-12(20)21-13(2,3)4/h5H,1-4H3,(H,15,18,20)(H,16,17,19). The van der Waals surface area contributed by atoms with Crippen LogP contribution in [0.3, 0.4) is 0 Å². The topological polar surface area (TPSA) is 97.0 Å². The highest BCUT2D eigenvalue weighted by Crippen LogP contribution is 2.24. The fourth-order valence-corrected chi connectivity index (χ4v) is 2.11. The van der Waals surface area contributed by atoms with Crippen LogP contribution in [-0.4, -0.2) is 26.6 Å². The molecule has 0 radical (unpaired) electrons. The minimum atomic E-state index is -0.682. The molecule has 21 heavy (non-hydrogen) atoms. The number of pyridine rings is 1. The summed E-state index contributed by atoms with van der Waals surface area (Å²) >= 11 is 3.29. The molecule has 112 valence electrons. The van der Waals surface area contributed by atoms with Crippen LogP contribution in [0.4, 0.5) is 10.6 Å². The Kier molecular flexibility index (Phi) is 3.99. The second-order valence-electron chi connectivity index (χ2n) is 5.46. The number of hydrogen-bond donors (Lipinski definition) is 2. The molecule has 0 spiro atoms. The Labute approximate surface area is 129 Å². The number of rotatable bonds is 1. The van der Waals surface area contributed by atoms with Crippen LogP contribution in [0.15, 0.2) is 15.5 Å². The highest BCUT2D eigenvalue weighted by atomic mass is 79.9. The van der Waals surface area contributed by atoms with Crippen molar-refractivity contribution in [1.29, 1.82) is 0 Å². The lowest BCUT2D eigenvalue weighted by Gasteiger charge is -2.19. The first-order valence-corrected chi connectivity index (χ1v) is 7.02. The number of nitrogens with zero attached hydrogens (tertiary/aromatic N) is 2. The first-order chi connectivity index (χ1) is 9.67. The molecular formula is C13H15BrN4O3. The summed E-state index contributed by atoms with van der Waals surface area (Å²) in [6.07, 6.45) is 0.791. The Morgan fingerprint density at radius 2 is 2.10 bits per heavy atom. The number of fused-ring (bicyclic) bond motifs is 1. The maximum atomic E-state index is 12.1. The van der Waals surface area contributed by atoms with E-state index in [-0.39, 0.29) is 16.8 Å². The van der Waals surface area contributed by atoms with Crippen molar-refractivity contribution < 1.29 is 9.53 Å². The summed E-state index contributed by atoms with van der Waals surface area (Å²) in [4.78, 5) is 34.8. The lowest BCUT2D eigenvalue weighted by atomic mass is 10.2. The van der Waals surface area contributed by atoms with Crippen molar-refractivity contribution in [1.82, 2.24) is 15.0 Å². The smallest absolute Gasteiger partial charge is 0.413 e. The Balaban J connectivity index is 2.49. The van der Waals surface area contributed by atoms with E-state index in [2.05, 4.69) is 36.2 Å². The molecule has 7 nitrogen and oxygen atoms in total. The molecule has 8 heteroatoms. The molecule has 0 aliphatic heterocycles. The van der Waals surface area contributed by atoms with E-state index in [0.29, 0.717) is 15.8 Å². The molecule has 2 aromatic rings. The van der Waals surface area contributed by atoms with E-state index >= 15 is 0 Å². The number of amides is 1. The van der Waals surface area contributed by atoms with Crippen molar-refractivity contribution in [2.75, 3.05) is 5.32 Å². The van der Waals surface area contributed by atoms with E-state index in [1.807, 2.05) is 0 Å². The zero-order valence-electron chi connectivity index (χ0n) is 12.1. The van der Waals surface area contributed by atoms with E-state index in [0.717, 1.165) is 0 Å². The molecule has 0 aromatic carbocycles. The summed E-state index contributed by atoms with van der Waals surface area (Å²) < 4.78 is 5.72. The molecule has 0 fully saturated rings. The largest absolute Gasteiger partial charge is 0.444 e. The number of hydrogen-bond acceptors (Lipinski definition) is 5. The van der Waals surface area contributed by atoms with Crippen LogP contribution in [0.2, 0.25) is 0 Å². The van der Waals surface area contributed by atoms with E-state index in [1.54, 1.807) is 27.7 Å². The summed E-state index contributed by atoms with van der Waals surface area (Å²) in [7, 11) is 0. The third kappa shape index (κ3) is 3.57. The zero-order valence-corrected chi connectivity index (χ0v) is 13.7. The van der Waals surface area contributed by atoms with Gasteiger partial charge < -0.3 is 9.72 Å². The quantitative estimate of drug-likeness (QED) is 0.820. The summed E-state index contributed by atoms with van der Waals surface area (Å²) in [5.41, 5.74) is -0.592. The van der Waals surface area contributed by atoms with Crippen molar-refractivity contribution in [2.24, 2.45) is 0 Å². The van der Waals surface area contributed by atoms with Gasteiger partial charge in [-0.05, 0) is 43.6 Å². The molecule has 1 amide bonds. The molecular weight excluding hydrogens is 340 g/mol. The fraction of sp³-hybridized carbons (Fsp3) is 0.385. The number of carbonyl (C=O) groups is 1. The van der Waals surface area contributed by atoms with Gasteiger partial charge in [-0.2, -0.15) is 0 Å². The lowest BCUT2D eigenvalue weighted by Crippen LogP contribution is -2.28. The van der Waals surface area contributed by atoms with Gasteiger partial charge in [0.05, 0.1) is 9.99 Å². The minimum absolute atomic E-state index is 0.108. The van der Waals surface area contributed by atoms with Gasteiger partial charge in [-0.15, -0.1) is 0 Å². The van der Waals surface area contributed by atoms with E-state index in [9.17, 15) is 9.59 Å². The average molecular weight is 355 g/mol. The molecule has 0 aliphatic carbocycles. The van der Waals surface area contributed by atoms with Gasteiger partial charge in [0.2, 0.25) is 0 Å². The number of halogens is 1. The minimum Gasteiger partial charge on any atom is -0.444 e. The zero-order chi connectivity index (χ0) is 15.8. The Bertz CT molecular complexity index is 764. The molecule has 0 unspecified atom stereocenters. The Morgan fingerprint density at radius 3 is 2.71 bits per heavy atom. The second kappa shape index (κ2) is 5.44. The predicted octanol–water partition coefficient (Wildman–Crippen LogP) is 2.74. The van der Waals surface area contributed by atoms with Crippen LogP contribution < -0.4 is 10.9 Å². The summed E-state index contributed by atoms with van der Waals surface area (Å²) in [5, 5.41) is 2.67. The van der Waals surface area contributed by atoms with Crippen molar-refractivity contribution >= 4 is 38.7 Å². The van der Waals surface area contributed by atoms with Gasteiger partial charge in [0.1, 0.15) is 22.6 Å². The molecule has 2 heterocycles. The Morgan fingerprint density at radius 1 is 1.43 bits per heavy atom. The molecule has 2 N–H and O–H groups in total. The maximum absolute atomic E-state index is 12.1. The van der Waals surface area contributed by atoms with Crippen LogP contribution >= 0.6 is 15.9 Å². The second-order valence-corrected chi connectivity index (χ2v) is 6.31. The van der Waals surface area contributed by atoms with Gasteiger partial charge in [0.25, 0.3) is 5.56 Å². The van der Waals surface area contributed by atoms with E-state index < -0.39 is 11.7 Å². The van der Waals surface area contributed by atoms with Gasteiger partial charge >= 0.3 is 6.09 Å². The molecule has 0 saturated carbocycles. The SMILES string of the molecule is Cc1nc2c(Br)cnc(NC(=O)OC(C)(C)C)c2c(=O)[nH]1. The van der Waals surface area contributed by atoms with Gasteiger partial charge in [0.15, 0.2) is 0 Å². The number of aromatic amines is 1. The molecule has 2 rings (SSSR count). The van der Waals surface area contributed by atoms with Crippen LogP contribution in [0, 0.1) is 6.92 Å². The van der Waals surface area contributed by atoms with Gasteiger partial charge in [-0.3, -0.25) is 10.1 Å². The monoisotopic (exact) mass is 354 g/mol. The van der Waals surface area contributed by atoms with Gasteiger partial charge in [-0.1, -0.05) is 0 Å². The van der Waals surface area contributed by atoms with Crippen molar-refractivity contribution in [3.63, 3.8) is 0 Å². The molecule has 0 saturated heterocycles. The number of anilines is 1. The number of aromatic nitrogens is 3. The Hall–Kier alpha value is -1.96. The summed E-state index contributed by atoms with van der Waals surface area (Å²) in [6, 6.07) is 0. The number of ether oxygens (including phenoxy) is 1. The van der Waals surface area contributed by atoms with Gasteiger partial charge in [0, 0.05) is 6.20 Å². The fourth-order valence-electron chi connectivity index (χ4n) is 1.72.